The SMILES string of the molecule is C=C(CSc1cccs1)[B-](F)(F)F.[K+]. The summed E-state index contributed by atoms with van der Waals surface area (Å²) in [5, 5.41) is 1.84. The van der Waals surface area contributed by atoms with Crippen LogP contribution in [0, 0.1) is 0 Å². The normalized spacial score (nSPS) is 10.8. The molecular weight excluding hydrogens is 255 g/mol. The van der Waals surface area contributed by atoms with Gasteiger partial charge < -0.3 is 12.9 Å². The van der Waals surface area contributed by atoms with Gasteiger partial charge in [0.2, 0.25) is 0 Å². The zero-order valence-corrected chi connectivity index (χ0v) is 12.4. The zero-order chi connectivity index (χ0) is 9.90. The van der Waals surface area contributed by atoms with Crippen molar-refractivity contribution in [2.75, 3.05) is 5.75 Å². The first-order chi connectivity index (χ1) is 6.00. The van der Waals surface area contributed by atoms with Crippen molar-refractivity contribution < 1.29 is 64.3 Å². The second-order valence-electron chi connectivity index (χ2n) is 2.45. The Morgan fingerprint density at radius 3 is 2.57 bits per heavy atom. The van der Waals surface area contributed by atoms with E-state index < -0.39 is 12.4 Å². The molecule has 0 aliphatic heterocycles. The van der Waals surface area contributed by atoms with Crippen LogP contribution in [0.3, 0.4) is 0 Å². The Bertz CT molecular complexity index is 284. The summed E-state index contributed by atoms with van der Waals surface area (Å²) in [7, 11) is 0. The van der Waals surface area contributed by atoms with Gasteiger partial charge in [0.1, 0.15) is 0 Å². The van der Waals surface area contributed by atoms with Gasteiger partial charge in [-0.15, -0.1) is 35.2 Å². The van der Waals surface area contributed by atoms with E-state index in [2.05, 4.69) is 6.58 Å². The summed E-state index contributed by atoms with van der Waals surface area (Å²) in [5.41, 5.74) is -0.626. The topological polar surface area (TPSA) is 0 Å². The van der Waals surface area contributed by atoms with E-state index >= 15 is 0 Å². The summed E-state index contributed by atoms with van der Waals surface area (Å²) in [6.45, 7) is -1.85. The van der Waals surface area contributed by atoms with E-state index in [-0.39, 0.29) is 57.1 Å². The predicted octanol–water partition coefficient (Wildman–Crippen LogP) is 0.787. The van der Waals surface area contributed by atoms with Crippen LogP contribution in [-0.2, 0) is 0 Å². The van der Waals surface area contributed by atoms with E-state index in [1.54, 1.807) is 6.07 Å². The molecule has 1 aromatic heterocycles. The van der Waals surface area contributed by atoms with E-state index in [1.807, 2.05) is 11.4 Å². The molecule has 1 aromatic rings. The van der Waals surface area contributed by atoms with Gasteiger partial charge in [-0.05, 0) is 17.2 Å². The van der Waals surface area contributed by atoms with E-state index in [0.29, 0.717) is 0 Å². The smallest absolute Gasteiger partial charge is 0.445 e. The maximum absolute atomic E-state index is 12.0. The fourth-order valence-electron chi connectivity index (χ4n) is 0.604. The first-order valence-corrected chi connectivity index (χ1v) is 5.40. The van der Waals surface area contributed by atoms with Crippen molar-refractivity contribution in [3.63, 3.8) is 0 Å². The molecule has 0 saturated heterocycles. The molecule has 14 heavy (non-hydrogen) atoms. The molecule has 0 N–H and O–H groups in total. The number of halogens is 3. The largest absolute Gasteiger partial charge is 1.00 e. The standard InChI is InChI=1S/C7H7BF3S2.K/c1-6(8(9,10)11)5-13-7-3-2-4-12-7;/h2-4H,1,5H2;/q-1;+1. The maximum atomic E-state index is 12.0. The second kappa shape index (κ2) is 6.78. The van der Waals surface area contributed by atoms with Crippen molar-refractivity contribution in [1.29, 1.82) is 0 Å². The molecule has 0 radical (unpaired) electrons. The zero-order valence-electron chi connectivity index (χ0n) is 7.67. The van der Waals surface area contributed by atoms with Gasteiger partial charge in [-0.2, -0.15) is 0 Å². The number of rotatable bonds is 4. The molecule has 0 spiro atoms. The Balaban J connectivity index is 0.00000169. The molecular formula is C7H7BF3KS2. The Hall–Kier alpha value is 1.28. The van der Waals surface area contributed by atoms with Crippen molar-refractivity contribution in [3.05, 3.63) is 29.6 Å². The molecule has 0 aliphatic rings. The fourth-order valence-corrected chi connectivity index (χ4v) is 2.36. The van der Waals surface area contributed by atoms with Crippen LogP contribution >= 0.6 is 23.1 Å². The van der Waals surface area contributed by atoms with Gasteiger partial charge >= 0.3 is 58.4 Å². The first-order valence-electron chi connectivity index (χ1n) is 3.54. The third-order valence-corrected chi connectivity index (χ3v) is 3.60. The Labute approximate surface area is 132 Å². The van der Waals surface area contributed by atoms with Gasteiger partial charge in [0.05, 0.1) is 4.21 Å². The summed E-state index contributed by atoms with van der Waals surface area (Å²) in [6.07, 6.45) is 0. The monoisotopic (exact) mass is 262 g/mol. The van der Waals surface area contributed by atoms with Crippen molar-refractivity contribution >= 4 is 30.1 Å². The van der Waals surface area contributed by atoms with Crippen molar-refractivity contribution in [3.8, 4) is 0 Å². The van der Waals surface area contributed by atoms with E-state index in [1.165, 1.54) is 23.1 Å². The Morgan fingerprint density at radius 2 is 2.14 bits per heavy atom. The van der Waals surface area contributed by atoms with Gasteiger partial charge in [0.25, 0.3) is 0 Å². The number of thiophene rings is 1. The van der Waals surface area contributed by atoms with E-state index in [0.717, 1.165) is 4.21 Å². The third-order valence-electron chi connectivity index (χ3n) is 1.36. The van der Waals surface area contributed by atoms with Crippen LogP contribution < -0.4 is 51.4 Å². The molecule has 0 atom stereocenters. The van der Waals surface area contributed by atoms with Crippen LogP contribution in [-0.4, -0.2) is 12.7 Å². The van der Waals surface area contributed by atoms with Gasteiger partial charge in [-0.25, -0.2) is 0 Å². The molecule has 7 heteroatoms. The molecule has 0 amide bonds. The summed E-state index contributed by atoms with van der Waals surface area (Å²) in [5.74, 6) is -0.0655. The van der Waals surface area contributed by atoms with Crippen LogP contribution in [0.4, 0.5) is 12.9 Å². The molecule has 1 heterocycles. The average molecular weight is 262 g/mol. The molecule has 0 bridgehead atoms. The quantitative estimate of drug-likeness (QED) is 0.571. The van der Waals surface area contributed by atoms with Gasteiger partial charge in [-0.3, -0.25) is 0 Å². The molecule has 0 aromatic carbocycles. The molecule has 72 valence electrons. The van der Waals surface area contributed by atoms with Crippen LogP contribution in [0.25, 0.3) is 0 Å². The third kappa shape index (κ3) is 5.39. The Kier molecular flexibility index (Phi) is 7.40. The van der Waals surface area contributed by atoms with Crippen LogP contribution in [0.2, 0.25) is 0 Å². The van der Waals surface area contributed by atoms with Crippen molar-refractivity contribution in [2.45, 2.75) is 4.21 Å². The van der Waals surface area contributed by atoms with Crippen molar-refractivity contribution in [2.24, 2.45) is 0 Å². The van der Waals surface area contributed by atoms with Gasteiger partial charge in [0.15, 0.2) is 0 Å². The van der Waals surface area contributed by atoms with Gasteiger partial charge in [0, 0.05) is 0 Å². The summed E-state index contributed by atoms with van der Waals surface area (Å²) in [4.78, 5) is 0. The van der Waals surface area contributed by atoms with Crippen LogP contribution in [0.5, 0.6) is 0 Å². The van der Waals surface area contributed by atoms with E-state index in [9.17, 15) is 12.9 Å². The molecule has 1 rings (SSSR count). The minimum absolute atomic E-state index is 0. The fraction of sp³-hybridized carbons (Fsp3) is 0.143. The number of hydrogen-bond donors (Lipinski definition) is 0. The minimum atomic E-state index is -4.86. The first kappa shape index (κ1) is 15.3. The summed E-state index contributed by atoms with van der Waals surface area (Å²) < 4.78 is 37.0. The van der Waals surface area contributed by atoms with Crippen LogP contribution in [0.1, 0.15) is 0 Å². The summed E-state index contributed by atoms with van der Waals surface area (Å²) >= 11 is 2.61. The average Bonchev–Trinajstić information content (AvgIpc) is 2.50. The second-order valence-corrected chi connectivity index (χ2v) is 4.68. The van der Waals surface area contributed by atoms with E-state index in [4.69, 9.17) is 0 Å². The molecule has 0 saturated carbocycles. The molecule has 0 unspecified atom stereocenters. The minimum Gasteiger partial charge on any atom is -0.445 e. The molecule has 0 fully saturated rings. The number of thioether (sulfide) groups is 1. The van der Waals surface area contributed by atoms with Gasteiger partial charge in [-0.1, -0.05) is 6.07 Å². The predicted molar refractivity (Wildman–Crippen MR) is 53.3 cm³/mol. The van der Waals surface area contributed by atoms with Crippen LogP contribution in [0.15, 0.2) is 33.8 Å². The summed E-state index contributed by atoms with van der Waals surface area (Å²) in [6, 6.07) is 3.61. The Morgan fingerprint density at radius 1 is 1.50 bits per heavy atom. The molecule has 0 aliphatic carbocycles. The van der Waals surface area contributed by atoms with Crippen molar-refractivity contribution in [1.82, 2.24) is 0 Å². The number of hydrogen-bond acceptors (Lipinski definition) is 2. The molecule has 0 nitrogen and oxygen atoms in total. The maximum Gasteiger partial charge on any atom is 1.00 e.